The fraction of sp³-hybridized carbons (Fsp3) is 0.143. The van der Waals surface area contributed by atoms with Crippen LogP contribution in [0, 0.1) is 0 Å². The molecule has 2 aromatic heterocycles. The second kappa shape index (κ2) is 10.4. The predicted molar refractivity (Wildman–Crippen MR) is 107 cm³/mol. The summed E-state index contributed by atoms with van der Waals surface area (Å²) < 4.78 is 11.6. The Kier molecular flexibility index (Phi) is 7.15. The third kappa shape index (κ3) is 6.79. The second-order valence-electron chi connectivity index (χ2n) is 6.21. The number of urea groups is 1. The molecular formula is C21H20N4O5. The molecule has 0 bridgehead atoms. The monoisotopic (exact) mass is 408 g/mol. The molecular weight excluding hydrogens is 388 g/mol. The maximum absolute atomic E-state index is 11.8. The van der Waals surface area contributed by atoms with Crippen LogP contribution in [0.3, 0.4) is 0 Å². The highest BCUT2D eigenvalue weighted by atomic mass is 16.5. The van der Waals surface area contributed by atoms with Crippen molar-refractivity contribution in [2.45, 2.75) is 13.1 Å². The summed E-state index contributed by atoms with van der Waals surface area (Å²) in [6.45, 7) is 0.165. The van der Waals surface area contributed by atoms with Gasteiger partial charge in [-0.05, 0) is 23.8 Å². The number of carbonyl (C=O) groups is 3. The standard InChI is InChI=1S/C21H20N4O5/c26-19(24-21(28)22-12-18-7-4-10-29-18)15-30-20(27)9-8-17-11-23-25(14-17)13-16-5-2-1-3-6-16/h1-11,14H,12-13,15H2,(H2,22,24,26,28)/b9-8+. The molecule has 0 aliphatic rings. The zero-order valence-electron chi connectivity index (χ0n) is 16.0. The summed E-state index contributed by atoms with van der Waals surface area (Å²) in [7, 11) is 0. The number of ether oxygens (including phenoxy) is 1. The molecule has 30 heavy (non-hydrogen) atoms. The molecule has 9 nitrogen and oxygen atoms in total. The summed E-state index contributed by atoms with van der Waals surface area (Å²) in [5.41, 5.74) is 1.82. The van der Waals surface area contributed by atoms with Gasteiger partial charge in [-0.15, -0.1) is 0 Å². The number of hydrogen-bond donors (Lipinski definition) is 2. The van der Waals surface area contributed by atoms with Gasteiger partial charge in [0.05, 0.1) is 25.5 Å². The van der Waals surface area contributed by atoms with E-state index >= 15 is 0 Å². The van der Waals surface area contributed by atoms with E-state index in [9.17, 15) is 14.4 Å². The molecule has 0 aliphatic carbocycles. The zero-order chi connectivity index (χ0) is 21.2. The van der Waals surface area contributed by atoms with Crippen molar-refractivity contribution in [3.05, 3.63) is 84.1 Å². The van der Waals surface area contributed by atoms with Gasteiger partial charge in [0.2, 0.25) is 0 Å². The van der Waals surface area contributed by atoms with E-state index in [1.165, 1.54) is 18.4 Å². The largest absolute Gasteiger partial charge is 0.467 e. The van der Waals surface area contributed by atoms with Crippen LogP contribution in [-0.2, 0) is 27.4 Å². The van der Waals surface area contributed by atoms with E-state index in [2.05, 4.69) is 15.7 Å². The van der Waals surface area contributed by atoms with Crippen molar-refractivity contribution in [1.82, 2.24) is 20.4 Å². The molecule has 9 heteroatoms. The lowest BCUT2D eigenvalue weighted by molar-refractivity contribution is -0.143. The van der Waals surface area contributed by atoms with Crippen LogP contribution < -0.4 is 10.6 Å². The van der Waals surface area contributed by atoms with Gasteiger partial charge in [-0.25, -0.2) is 9.59 Å². The maximum Gasteiger partial charge on any atom is 0.331 e. The Morgan fingerprint density at radius 3 is 2.73 bits per heavy atom. The number of rotatable bonds is 8. The highest BCUT2D eigenvalue weighted by Crippen LogP contribution is 2.05. The predicted octanol–water partition coefficient (Wildman–Crippen LogP) is 2.11. The van der Waals surface area contributed by atoms with Crippen molar-refractivity contribution in [3.8, 4) is 0 Å². The van der Waals surface area contributed by atoms with Gasteiger partial charge in [0, 0.05) is 17.8 Å². The van der Waals surface area contributed by atoms with E-state index in [1.807, 2.05) is 30.3 Å². The Labute approximate surface area is 172 Å². The summed E-state index contributed by atoms with van der Waals surface area (Å²) in [6.07, 6.45) is 7.59. The van der Waals surface area contributed by atoms with Crippen LogP contribution in [0.15, 0.2) is 71.6 Å². The lowest BCUT2D eigenvalue weighted by Gasteiger charge is -2.05. The molecule has 0 unspecified atom stereocenters. The number of benzene rings is 1. The minimum absolute atomic E-state index is 0.132. The van der Waals surface area contributed by atoms with Gasteiger partial charge >= 0.3 is 12.0 Å². The molecule has 2 N–H and O–H groups in total. The van der Waals surface area contributed by atoms with Gasteiger partial charge in [-0.1, -0.05) is 30.3 Å². The number of esters is 1. The van der Waals surface area contributed by atoms with E-state index in [4.69, 9.17) is 9.15 Å². The van der Waals surface area contributed by atoms with Crippen LogP contribution in [0.5, 0.6) is 0 Å². The van der Waals surface area contributed by atoms with Crippen LogP contribution in [0.25, 0.3) is 6.08 Å². The molecule has 0 saturated heterocycles. The van der Waals surface area contributed by atoms with Crippen molar-refractivity contribution in [2.24, 2.45) is 0 Å². The van der Waals surface area contributed by atoms with E-state index in [1.54, 1.807) is 29.2 Å². The molecule has 3 rings (SSSR count). The number of aromatic nitrogens is 2. The van der Waals surface area contributed by atoms with E-state index in [0.29, 0.717) is 17.9 Å². The van der Waals surface area contributed by atoms with Crippen molar-refractivity contribution in [3.63, 3.8) is 0 Å². The highest BCUT2D eigenvalue weighted by molar-refractivity contribution is 5.96. The first kappa shape index (κ1) is 20.6. The SMILES string of the molecule is O=C(COC(=O)/C=C/c1cnn(Cc2ccccc2)c1)NC(=O)NCc1ccco1. The van der Waals surface area contributed by atoms with E-state index in [0.717, 1.165) is 5.56 Å². The van der Waals surface area contributed by atoms with Gasteiger partial charge in [-0.2, -0.15) is 5.10 Å². The van der Waals surface area contributed by atoms with Gasteiger partial charge in [0.15, 0.2) is 6.61 Å². The molecule has 2 heterocycles. The van der Waals surface area contributed by atoms with Crippen LogP contribution in [0.2, 0.25) is 0 Å². The molecule has 3 aromatic rings. The molecule has 0 atom stereocenters. The van der Waals surface area contributed by atoms with Crippen molar-refractivity contribution < 1.29 is 23.5 Å². The molecule has 1 aromatic carbocycles. The topological polar surface area (TPSA) is 115 Å². The average molecular weight is 408 g/mol. The highest BCUT2D eigenvalue weighted by Gasteiger charge is 2.10. The summed E-state index contributed by atoms with van der Waals surface area (Å²) >= 11 is 0. The molecule has 0 fully saturated rings. The summed E-state index contributed by atoms with van der Waals surface area (Å²) in [5.74, 6) is -0.914. The van der Waals surface area contributed by atoms with Gasteiger partial charge < -0.3 is 14.5 Å². The van der Waals surface area contributed by atoms with Crippen LogP contribution in [-0.4, -0.2) is 34.3 Å². The van der Waals surface area contributed by atoms with E-state index in [-0.39, 0.29) is 6.54 Å². The van der Waals surface area contributed by atoms with Gasteiger partial charge in [0.25, 0.3) is 5.91 Å². The number of nitrogens with zero attached hydrogens (tertiary/aromatic N) is 2. The van der Waals surface area contributed by atoms with E-state index < -0.39 is 24.5 Å². The molecule has 0 saturated carbocycles. The molecule has 3 amide bonds. The summed E-state index contributed by atoms with van der Waals surface area (Å²) in [6, 6.07) is 12.5. The van der Waals surface area contributed by atoms with Crippen molar-refractivity contribution >= 4 is 24.0 Å². The first-order chi connectivity index (χ1) is 14.6. The second-order valence-corrected chi connectivity index (χ2v) is 6.21. The number of carbonyl (C=O) groups excluding carboxylic acids is 3. The number of amides is 3. The average Bonchev–Trinajstić information content (AvgIpc) is 3.42. The summed E-state index contributed by atoms with van der Waals surface area (Å²) in [5, 5.41) is 8.72. The smallest absolute Gasteiger partial charge is 0.331 e. The fourth-order valence-electron chi connectivity index (χ4n) is 2.46. The number of imide groups is 1. The Morgan fingerprint density at radius 2 is 1.97 bits per heavy atom. The molecule has 0 aliphatic heterocycles. The fourth-order valence-corrected chi connectivity index (χ4v) is 2.46. The lowest BCUT2D eigenvalue weighted by atomic mass is 10.2. The number of furan rings is 1. The number of hydrogen-bond acceptors (Lipinski definition) is 6. The van der Waals surface area contributed by atoms with Crippen LogP contribution in [0.1, 0.15) is 16.9 Å². The van der Waals surface area contributed by atoms with Crippen LogP contribution in [0.4, 0.5) is 4.79 Å². The first-order valence-corrected chi connectivity index (χ1v) is 9.10. The van der Waals surface area contributed by atoms with Gasteiger partial charge in [-0.3, -0.25) is 14.8 Å². The van der Waals surface area contributed by atoms with Crippen molar-refractivity contribution in [1.29, 1.82) is 0 Å². The Hall–Kier alpha value is -4.14. The molecule has 154 valence electrons. The Morgan fingerprint density at radius 1 is 1.13 bits per heavy atom. The molecule has 0 radical (unpaired) electrons. The third-order valence-corrected chi connectivity index (χ3v) is 3.85. The van der Waals surface area contributed by atoms with Gasteiger partial charge in [0.1, 0.15) is 5.76 Å². The summed E-state index contributed by atoms with van der Waals surface area (Å²) in [4.78, 5) is 35.0. The quantitative estimate of drug-likeness (QED) is 0.436. The minimum atomic E-state index is -0.746. The van der Waals surface area contributed by atoms with Crippen LogP contribution >= 0.6 is 0 Å². The Bertz CT molecular complexity index is 1010. The lowest BCUT2D eigenvalue weighted by Crippen LogP contribution is -2.41. The normalized spacial score (nSPS) is 10.7. The number of nitrogens with one attached hydrogen (secondary N) is 2. The Balaban J connectivity index is 1.37. The molecule has 0 spiro atoms. The zero-order valence-corrected chi connectivity index (χ0v) is 16.0. The minimum Gasteiger partial charge on any atom is -0.467 e. The van der Waals surface area contributed by atoms with Crippen molar-refractivity contribution in [2.75, 3.05) is 6.61 Å². The third-order valence-electron chi connectivity index (χ3n) is 3.85. The maximum atomic E-state index is 11.8. The first-order valence-electron chi connectivity index (χ1n) is 9.10.